The molecule has 0 atom stereocenters. The van der Waals surface area contributed by atoms with Gasteiger partial charge in [-0.1, -0.05) is 0 Å². The lowest BCUT2D eigenvalue weighted by Crippen LogP contribution is -2.11. The van der Waals surface area contributed by atoms with Crippen LogP contribution >= 0.6 is 0 Å². The Morgan fingerprint density at radius 3 is 2.81 bits per heavy atom. The molecule has 88 valence electrons. The molecule has 7 nitrogen and oxygen atoms in total. The monoisotopic (exact) mass is 227 g/mol. The standard InChI is InChI=1S/C9H13N3O4/c10-7(13)3-1-2-4-11-9-12-6(5-16-9)8(14)15/h5H,1-4H2,(H2,10,13)(H,11,12)(H,14,15). The fourth-order valence-corrected chi connectivity index (χ4v) is 1.07. The van der Waals surface area contributed by atoms with E-state index in [2.05, 4.69) is 10.3 Å². The summed E-state index contributed by atoms with van der Waals surface area (Å²) in [5.74, 6) is -1.46. The number of carbonyl (C=O) groups is 2. The van der Waals surface area contributed by atoms with Gasteiger partial charge < -0.3 is 20.6 Å². The van der Waals surface area contributed by atoms with Crippen molar-refractivity contribution in [3.8, 4) is 0 Å². The summed E-state index contributed by atoms with van der Waals surface area (Å²) in [5.41, 5.74) is 4.83. The molecule has 0 bridgehead atoms. The number of rotatable bonds is 7. The molecule has 4 N–H and O–H groups in total. The SMILES string of the molecule is NC(=O)CCCCNc1nc(C(=O)O)co1. The first-order valence-corrected chi connectivity index (χ1v) is 4.80. The number of carboxylic acid groups (broad SMARTS) is 1. The van der Waals surface area contributed by atoms with Crippen LogP contribution in [0.4, 0.5) is 6.01 Å². The normalized spacial score (nSPS) is 10.0. The van der Waals surface area contributed by atoms with Gasteiger partial charge in [-0.3, -0.25) is 4.79 Å². The maximum Gasteiger partial charge on any atom is 0.357 e. The topological polar surface area (TPSA) is 118 Å². The van der Waals surface area contributed by atoms with Crippen molar-refractivity contribution >= 4 is 17.9 Å². The predicted molar refractivity (Wildman–Crippen MR) is 55.0 cm³/mol. The molecule has 0 saturated heterocycles. The number of nitrogens with zero attached hydrogens (tertiary/aromatic N) is 1. The Morgan fingerprint density at radius 1 is 1.50 bits per heavy atom. The first kappa shape index (κ1) is 12.0. The number of primary amides is 1. The summed E-state index contributed by atoms with van der Waals surface area (Å²) in [4.78, 5) is 24.6. The Labute approximate surface area is 91.6 Å². The number of hydrogen-bond acceptors (Lipinski definition) is 5. The molecular formula is C9H13N3O4. The van der Waals surface area contributed by atoms with E-state index in [4.69, 9.17) is 15.3 Å². The molecule has 1 aromatic heterocycles. The summed E-state index contributed by atoms with van der Waals surface area (Å²) in [6, 6.07) is 0.163. The molecule has 0 aliphatic heterocycles. The number of carbonyl (C=O) groups excluding carboxylic acids is 1. The number of aromatic carboxylic acids is 1. The van der Waals surface area contributed by atoms with Crippen LogP contribution in [0.1, 0.15) is 29.8 Å². The van der Waals surface area contributed by atoms with Gasteiger partial charge in [0.25, 0.3) is 6.01 Å². The number of carboxylic acids is 1. The van der Waals surface area contributed by atoms with E-state index in [1.165, 1.54) is 0 Å². The van der Waals surface area contributed by atoms with Gasteiger partial charge >= 0.3 is 5.97 Å². The number of nitrogens with one attached hydrogen (secondary N) is 1. The minimum atomic E-state index is -1.13. The number of amides is 1. The van der Waals surface area contributed by atoms with Crippen LogP contribution in [0.5, 0.6) is 0 Å². The summed E-state index contributed by atoms with van der Waals surface area (Å²) < 4.78 is 4.86. The fraction of sp³-hybridized carbons (Fsp3) is 0.444. The van der Waals surface area contributed by atoms with E-state index < -0.39 is 5.97 Å². The second-order valence-electron chi connectivity index (χ2n) is 3.19. The van der Waals surface area contributed by atoms with E-state index in [1.807, 2.05) is 0 Å². The van der Waals surface area contributed by atoms with Crippen LogP contribution in [-0.2, 0) is 4.79 Å². The molecule has 0 aliphatic carbocycles. The summed E-state index contributed by atoms with van der Waals surface area (Å²) in [5, 5.41) is 11.4. The third-order valence-corrected chi connectivity index (χ3v) is 1.85. The van der Waals surface area contributed by atoms with E-state index in [9.17, 15) is 9.59 Å². The molecule has 0 radical (unpaired) electrons. The molecule has 1 rings (SSSR count). The minimum absolute atomic E-state index is 0.139. The van der Waals surface area contributed by atoms with Crippen LogP contribution in [0.3, 0.4) is 0 Å². The first-order chi connectivity index (χ1) is 7.59. The molecule has 1 aromatic rings. The number of oxazole rings is 1. The molecule has 0 spiro atoms. The van der Waals surface area contributed by atoms with Crippen molar-refractivity contribution in [2.24, 2.45) is 5.73 Å². The van der Waals surface area contributed by atoms with Crippen LogP contribution in [-0.4, -0.2) is 28.5 Å². The maximum atomic E-state index is 10.5. The lowest BCUT2D eigenvalue weighted by atomic mass is 10.2. The molecule has 0 saturated carbocycles. The van der Waals surface area contributed by atoms with Crippen molar-refractivity contribution in [3.05, 3.63) is 12.0 Å². The maximum absolute atomic E-state index is 10.5. The van der Waals surface area contributed by atoms with Crippen LogP contribution in [0.25, 0.3) is 0 Å². The highest BCUT2D eigenvalue weighted by molar-refractivity contribution is 5.85. The fourth-order valence-electron chi connectivity index (χ4n) is 1.07. The van der Waals surface area contributed by atoms with Crippen molar-refractivity contribution in [1.29, 1.82) is 0 Å². The van der Waals surface area contributed by atoms with E-state index in [1.54, 1.807) is 0 Å². The molecule has 0 fully saturated rings. The smallest absolute Gasteiger partial charge is 0.357 e. The number of unbranched alkanes of at least 4 members (excludes halogenated alkanes) is 1. The van der Waals surface area contributed by atoms with Crippen molar-refractivity contribution in [3.63, 3.8) is 0 Å². The van der Waals surface area contributed by atoms with E-state index in [0.717, 1.165) is 12.7 Å². The number of hydrogen-bond donors (Lipinski definition) is 3. The highest BCUT2D eigenvalue weighted by Gasteiger charge is 2.09. The van der Waals surface area contributed by atoms with Gasteiger partial charge in [-0.2, -0.15) is 4.98 Å². The van der Waals surface area contributed by atoms with E-state index in [-0.39, 0.29) is 17.6 Å². The Bertz CT molecular complexity index is 375. The molecular weight excluding hydrogens is 214 g/mol. The van der Waals surface area contributed by atoms with Crippen molar-refractivity contribution in [2.75, 3.05) is 11.9 Å². The lowest BCUT2D eigenvalue weighted by Gasteiger charge is -1.99. The van der Waals surface area contributed by atoms with Crippen LogP contribution < -0.4 is 11.1 Å². The molecule has 0 unspecified atom stereocenters. The third kappa shape index (κ3) is 3.99. The zero-order chi connectivity index (χ0) is 12.0. The second kappa shape index (κ2) is 5.74. The first-order valence-electron chi connectivity index (χ1n) is 4.80. The molecule has 1 heterocycles. The summed E-state index contributed by atoms with van der Waals surface area (Å²) in [7, 11) is 0. The molecule has 16 heavy (non-hydrogen) atoms. The molecule has 0 aromatic carbocycles. The van der Waals surface area contributed by atoms with Crippen LogP contribution in [0, 0.1) is 0 Å². The summed E-state index contributed by atoms with van der Waals surface area (Å²) in [6.07, 6.45) is 2.81. The largest absolute Gasteiger partial charge is 0.476 e. The van der Waals surface area contributed by atoms with E-state index in [0.29, 0.717) is 19.4 Å². The molecule has 1 amide bonds. The number of anilines is 1. The number of nitrogens with two attached hydrogens (primary N) is 1. The van der Waals surface area contributed by atoms with Crippen LogP contribution in [0.15, 0.2) is 10.7 Å². The Kier molecular flexibility index (Phi) is 4.31. The van der Waals surface area contributed by atoms with Crippen LogP contribution in [0.2, 0.25) is 0 Å². The van der Waals surface area contributed by atoms with Gasteiger partial charge in [-0.25, -0.2) is 4.79 Å². The van der Waals surface area contributed by atoms with Gasteiger partial charge in [-0.05, 0) is 12.8 Å². The summed E-state index contributed by atoms with van der Waals surface area (Å²) >= 11 is 0. The lowest BCUT2D eigenvalue weighted by molar-refractivity contribution is -0.118. The van der Waals surface area contributed by atoms with Gasteiger partial charge in [-0.15, -0.1) is 0 Å². The quantitative estimate of drug-likeness (QED) is 0.581. The van der Waals surface area contributed by atoms with Gasteiger partial charge in [0.1, 0.15) is 6.26 Å². The average Bonchev–Trinajstić information content (AvgIpc) is 2.65. The van der Waals surface area contributed by atoms with Gasteiger partial charge in [0.05, 0.1) is 0 Å². The number of aromatic nitrogens is 1. The highest BCUT2D eigenvalue weighted by atomic mass is 16.4. The minimum Gasteiger partial charge on any atom is -0.476 e. The average molecular weight is 227 g/mol. The summed E-state index contributed by atoms with van der Waals surface area (Å²) in [6.45, 7) is 0.548. The van der Waals surface area contributed by atoms with Crippen molar-refractivity contribution < 1.29 is 19.1 Å². The zero-order valence-corrected chi connectivity index (χ0v) is 8.60. The predicted octanol–water partition coefficient (Wildman–Crippen LogP) is 0.440. The Morgan fingerprint density at radius 2 is 2.25 bits per heavy atom. The van der Waals surface area contributed by atoms with Crippen molar-refractivity contribution in [2.45, 2.75) is 19.3 Å². The van der Waals surface area contributed by atoms with E-state index >= 15 is 0 Å². The zero-order valence-electron chi connectivity index (χ0n) is 8.60. The molecule has 7 heteroatoms. The highest BCUT2D eigenvalue weighted by Crippen LogP contribution is 2.07. The molecule has 0 aliphatic rings. The Hall–Kier alpha value is -2.05. The van der Waals surface area contributed by atoms with Gasteiger partial charge in [0, 0.05) is 13.0 Å². The third-order valence-electron chi connectivity index (χ3n) is 1.85. The second-order valence-corrected chi connectivity index (χ2v) is 3.19. The Balaban J connectivity index is 2.21. The van der Waals surface area contributed by atoms with Gasteiger partial charge in [0.15, 0.2) is 5.69 Å². The van der Waals surface area contributed by atoms with Gasteiger partial charge in [0.2, 0.25) is 5.91 Å². The van der Waals surface area contributed by atoms with Crippen molar-refractivity contribution in [1.82, 2.24) is 4.98 Å².